The first kappa shape index (κ1) is 23.1. The van der Waals surface area contributed by atoms with Crippen LogP contribution in [0.2, 0.25) is 0 Å². The number of fused-ring (bicyclic) bond motifs is 3. The van der Waals surface area contributed by atoms with Crippen molar-refractivity contribution in [2.45, 2.75) is 31.2 Å². The van der Waals surface area contributed by atoms with Gasteiger partial charge >= 0.3 is 12.4 Å². The summed E-state index contributed by atoms with van der Waals surface area (Å²) in [5, 5.41) is 17.2. The maximum absolute atomic E-state index is 13.8. The van der Waals surface area contributed by atoms with Gasteiger partial charge in [0, 0.05) is 18.8 Å². The summed E-state index contributed by atoms with van der Waals surface area (Å²) in [5.74, 6) is -0.0859. The molecule has 5 rings (SSSR count). The average Bonchev–Trinajstić information content (AvgIpc) is 3.36. The second kappa shape index (κ2) is 8.55. The maximum Gasteiger partial charge on any atom is 0.422 e. The van der Waals surface area contributed by atoms with E-state index in [2.05, 4.69) is 35.9 Å². The number of pyridine rings is 1. The Morgan fingerprint density at radius 2 is 1.97 bits per heavy atom. The van der Waals surface area contributed by atoms with E-state index in [4.69, 9.17) is 4.74 Å². The van der Waals surface area contributed by atoms with Crippen molar-refractivity contribution in [1.29, 1.82) is 0 Å². The molecule has 9 nitrogen and oxygen atoms in total. The third-order valence-electron chi connectivity index (χ3n) is 5.46. The van der Waals surface area contributed by atoms with Crippen molar-refractivity contribution in [3.63, 3.8) is 0 Å². The number of nitrogens with zero attached hydrogens (tertiary/aromatic N) is 5. The van der Waals surface area contributed by atoms with Crippen molar-refractivity contribution in [2.24, 2.45) is 0 Å². The topological polar surface area (TPSA) is 105 Å². The average molecular weight is 500 g/mol. The lowest BCUT2D eigenvalue weighted by molar-refractivity contribution is -0.153. The number of H-pyrrole nitrogens is 1. The summed E-state index contributed by atoms with van der Waals surface area (Å²) >= 11 is 0. The number of ether oxygens (including phenoxy) is 1. The molecule has 1 fully saturated rings. The minimum atomic E-state index is -4.76. The first-order valence-corrected chi connectivity index (χ1v) is 10.6. The summed E-state index contributed by atoms with van der Waals surface area (Å²) in [6, 6.07) is 2.62. The number of rotatable bonds is 5. The molecule has 0 bridgehead atoms. The van der Waals surface area contributed by atoms with Crippen molar-refractivity contribution in [2.75, 3.05) is 25.0 Å². The highest BCUT2D eigenvalue weighted by atomic mass is 19.4. The lowest BCUT2D eigenvalue weighted by Gasteiger charge is -2.24. The van der Waals surface area contributed by atoms with Crippen LogP contribution in [0.5, 0.6) is 5.75 Å². The van der Waals surface area contributed by atoms with Crippen LogP contribution >= 0.6 is 0 Å². The summed E-state index contributed by atoms with van der Waals surface area (Å²) in [4.78, 5) is 8.00. The maximum atomic E-state index is 13.8. The first-order valence-electron chi connectivity index (χ1n) is 10.6. The second-order valence-electron chi connectivity index (χ2n) is 8.04. The molecule has 1 atom stereocenters. The number of aromatic nitrogens is 6. The Morgan fingerprint density at radius 1 is 1.14 bits per heavy atom. The first-order chi connectivity index (χ1) is 16.6. The summed E-state index contributed by atoms with van der Waals surface area (Å²) < 4.78 is 84.8. The van der Waals surface area contributed by atoms with E-state index < -0.39 is 30.2 Å². The van der Waals surface area contributed by atoms with Crippen LogP contribution in [0.3, 0.4) is 0 Å². The lowest BCUT2D eigenvalue weighted by Crippen LogP contribution is -2.38. The molecule has 0 unspecified atom stereocenters. The van der Waals surface area contributed by atoms with Crippen molar-refractivity contribution < 1.29 is 31.1 Å². The van der Waals surface area contributed by atoms with Gasteiger partial charge in [-0.15, -0.1) is 5.10 Å². The Morgan fingerprint density at radius 3 is 2.69 bits per heavy atom. The van der Waals surface area contributed by atoms with Gasteiger partial charge in [0.05, 0.1) is 17.1 Å². The number of alkyl halides is 6. The molecule has 0 spiro atoms. The van der Waals surface area contributed by atoms with Crippen molar-refractivity contribution in [3.8, 4) is 17.1 Å². The molecule has 3 N–H and O–H groups in total. The Kier molecular flexibility index (Phi) is 5.65. The van der Waals surface area contributed by atoms with Crippen LogP contribution in [0.4, 0.5) is 32.3 Å². The second-order valence-corrected chi connectivity index (χ2v) is 8.04. The number of anilines is 1. The van der Waals surface area contributed by atoms with Crippen molar-refractivity contribution >= 4 is 22.5 Å². The molecule has 0 saturated carbocycles. The van der Waals surface area contributed by atoms with Gasteiger partial charge in [0.25, 0.3) is 0 Å². The standard InChI is InChI=1S/C20H18F6N8O/c21-19(22,23)9-35-11-3-4-13-14-16(31-32-17(14)33-34(13)8-11)15-12(20(24,25)26)7-28-18(30-15)29-10-2-1-5-27-6-10/h3-4,7-8,10,27H,1-2,5-6,9H2,(H,32,33)(H,28,29,30)/t10-/m0/s1. The fraction of sp³-hybridized carbons (Fsp3) is 0.400. The Bertz CT molecular complexity index is 1360. The van der Waals surface area contributed by atoms with Gasteiger partial charge in [-0.25, -0.2) is 14.5 Å². The van der Waals surface area contributed by atoms with Gasteiger partial charge in [-0.1, -0.05) is 0 Å². The Balaban J connectivity index is 1.56. The normalized spacial score (nSPS) is 17.3. The zero-order valence-electron chi connectivity index (χ0n) is 17.8. The van der Waals surface area contributed by atoms with Gasteiger partial charge in [0.1, 0.15) is 22.7 Å². The van der Waals surface area contributed by atoms with Crippen molar-refractivity contribution in [1.82, 2.24) is 35.1 Å². The van der Waals surface area contributed by atoms with Crippen LogP contribution in [-0.2, 0) is 6.18 Å². The van der Waals surface area contributed by atoms with Crippen LogP contribution in [0.1, 0.15) is 18.4 Å². The fourth-order valence-corrected chi connectivity index (χ4v) is 3.93. The molecular formula is C20H18F6N8O. The van der Waals surface area contributed by atoms with Gasteiger partial charge in [0.2, 0.25) is 5.95 Å². The van der Waals surface area contributed by atoms with Crippen LogP contribution in [0.15, 0.2) is 24.5 Å². The summed E-state index contributed by atoms with van der Waals surface area (Å²) in [5.41, 5.74) is -1.20. The van der Waals surface area contributed by atoms with E-state index in [0.29, 0.717) is 18.3 Å². The lowest BCUT2D eigenvalue weighted by atomic mass is 10.1. The van der Waals surface area contributed by atoms with E-state index in [0.717, 1.165) is 19.4 Å². The van der Waals surface area contributed by atoms with Gasteiger partial charge in [-0.3, -0.25) is 5.10 Å². The number of hydrogen-bond acceptors (Lipinski definition) is 7. The van der Waals surface area contributed by atoms with Crippen LogP contribution in [0.25, 0.3) is 27.9 Å². The third-order valence-corrected chi connectivity index (χ3v) is 5.46. The highest BCUT2D eigenvalue weighted by molar-refractivity contribution is 6.02. The summed E-state index contributed by atoms with van der Waals surface area (Å²) in [6.45, 7) is -0.00792. The molecule has 1 aliphatic heterocycles. The van der Waals surface area contributed by atoms with E-state index >= 15 is 0 Å². The smallest absolute Gasteiger partial charge is 0.422 e. The van der Waals surface area contributed by atoms with Gasteiger partial charge < -0.3 is 15.4 Å². The monoisotopic (exact) mass is 500 g/mol. The highest BCUT2D eigenvalue weighted by Gasteiger charge is 2.37. The summed E-state index contributed by atoms with van der Waals surface area (Å²) in [7, 11) is 0. The highest BCUT2D eigenvalue weighted by Crippen LogP contribution is 2.39. The van der Waals surface area contributed by atoms with Gasteiger partial charge in [-0.05, 0) is 31.5 Å². The molecule has 1 aliphatic rings. The molecule has 186 valence electrons. The minimum absolute atomic E-state index is 0.0251. The zero-order chi connectivity index (χ0) is 24.8. The molecule has 0 radical (unpaired) electrons. The molecule has 0 aromatic carbocycles. The van der Waals surface area contributed by atoms with E-state index in [-0.39, 0.29) is 34.5 Å². The fourth-order valence-electron chi connectivity index (χ4n) is 3.93. The quantitative estimate of drug-likeness (QED) is 0.358. The van der Waals surface area contributed by atoms with Crippen LogP contribution < -0.4 is 15.4 Å². The van der Waals surface area contributed by atoms with E-state index in [1.165, 1.54) is 22.8 Å². The molecular weight excluding hydrogens is 482 g/mol. The predicted molar refractivity (Wildman–Crippen MR) is 112 cm³/mol. The molecule has 5 heterocycles. The van der Waals surface area contributed by atoms with E-state index in [1.807, 2.05) is 0 Å². The van der Waals surface area contributed by atoms with E-state index in [9.17, 15) is 26.3 Å². The minimum Gasteiger partial charge on any atom is -0.483 e. The zero-order valence-corrected chi connectivity index (χ0v) is 17.8. The number of nitrogens with one attached hydrogen (secondary N) is 3. The van der Waals surface area contributed by atoms with E-state index in [1.54, 1.807) is 0 Å². The molecule has 15 heteroatoms. The molecule has 4 aromatic rings. The van der Waals surface area contributed by atoms with Gasteiger partial charge in [-0.2, -0.15) is 31.4 Å². The molecule has 1 saturated heterocycles. The van der Waals surface area contributed by atoms with Crippen LogP contribution in [-0.4, -0.2) is 61.7 Å². The van der Waals surface area contributed by atoms with Crippen LogP contribution in [0, 0.1) is 0 Å². The number of piperidine rings is 1. The summed E-state index contributed by atoms with van der Waals surface area (Å²) in [6.07, 6.45) is -5.66. The molecule has 0 aliphatic carbocycles. The Hall–Kier alpha value is -3.62. The van der Waals surface area contributed by atoms with Gasteiger partial charge in [0.15, 0.2) is 12.3 Å². The third kappa shape index (κ3) is 4.80. The molecule has 35 heavy (non-hydrogen) atoms. The molecule has 0 amide bonds. The number of hydrogen-bond donors (Lipinski definition) is 3. The number of aromatic amines is 1. The largest absolute Gasteiger partial charge is 0.483 e. The van der Waals surface area contributed by atoms with Crippen molar-refractivity contribution in [3.05, 3.63) is 30.1 Å². The predicted octanol–water partition coefficient (Wildman–Crippen LogP) is 3.79. The molecule has 4 aromatic heterocycles. The SMILES string of the molecule is FC(F)(F)COc1ccc2c3c(-c4nc(N[C@H]5CCCNC5)ncc4C(F)(F)F)n[nH]c3nn2c1. The number of halogens is 6. The Labute approximate surface area is 192 Å².